The third-order valence-electron chi connectivity index (χ3n) is 3.78. The molecule has 0 radical (unpaired) electrons. The Morgan fingerprint density at radius 2 is 1.68 bits per heavy atom. The molecule has 0 aliphatic heterocycles. The van der Waals surface area contributed by atoms with Gasteiger partial charge in [0.1, 0.15) is 16.9 Å². The summed E-state index contributed by atoms with van der Waals surface area (Å²) in [6.07, 6.45) is 1.65. The van der Waals surface area contributed by atoms with Crippen molar-refractivity contribution in [2.24, 2.45) is 0 Å². The number of anilines is 1. The van der Waals surface area contributed by atoms with Crippen LogP contribution in [-0.4, -0.2) is 19.6 Å². The first kappa shape index (κ1) is 20.2. The van der Waals surface area contributed by atoms with E-state index in [9.17, 15) is 4.79 Å². The van der Waals surface area contributed by atoms with Crippen LogP contribution < -0.4 is 5.32 Å². The molecule has 2 aromatic carbocycles. The standard InChI is InChI=1S/C18H10Cl2N4OS.C2H6/c19-13-4-2-1-3-11(13)18(25)22-17-6-5-10(9-21-17)12-7-15-16(8-14(12)20)24-26-23-15;1-2/h1-9H,(H,21,22,25);1-2H3. The minimum Gasteiger partial charge on any atom is -0.307 e. The van der Waals surface area contributed by atoms with E-state index in [1.807, 2.05) is 26.0 Å². The molecule has 1 N–H and O–H groups in total. The second kappa shape index (κ2) is 9.10. The van der Waals surface area contributed by atoms with Crippen LogP contribution in [-0.2, 0) is 0 Å². The lowest BCUT2D eigenvalue weighted by molar-refractivity contribution is 0.102. The molecule has 4 rings (SSSR count). The van der Waals surface area contributed by atoms with Gasteiger partial charge >= 0.3 is 0 Å². The molecule has 0 spiro atoms. The molecule has 0 fully saturated rings. The van der Waals surface area contributed by atoms with Gasteiger partial charge in [-0.15, -0.1) is 0 Å². The smallest absolute Gasteiger partial charge is 0.258 e. The van der Waals surface area contributed by atoms with E-state index in [4.69, 9.17) is 23.2 Å². The zero-order valence-electron chi connectivity index (χ0n) is 15.1. The number of pyridine rings is 1. The summed E-state index contributed by atoms with van der Waals surface area (Å²) in [7, 11) is 0. The summed E-state index contributed by atoms with van der Waals surface area (Å²) in [6.45, 7) is 4.00. The molecule has 0 atom stereocenters. The molecule has 0 aliphatic carbocycles. The zero-order valence-corrected chi connectivity index (χ0v) is 17.4. The highest BCUT2D eigenvalue weighted by Gasteiger charge is 2.12. The van der Waals surface area contributed by atoms with Crippen LogP contribution in [0.25, 0.3) is 22.2 Å². The fourth-order valence-electron chi connectivity index (χ4n) is 2.48. The van der Waals surface area contributed by atoms with Gasteiger partial charge in [0, 0.05) is 17.3 Å². The Balaban J connectivity index is 0.00000109. The SMILES string of the molecule is CC.O=C(Nc1ccc(-c2cc3nsnc3cc2Cl)cn1)c1ccccc1Cl. The molecule has 1 amide bonds. The van der Waals surface area contributed by atoms with Crippen LogP contribution in [0.3, 0.4) is 0 Å². The lowest BCUT2D eigenvalue weighted by Gasteiger charge is -2.08. The molecular weight excluding hydrogens is 415 g/mol. The summed E-state index contributed by atoms with van der Waals surface area (Å²) in [4.78, 5) is 16.6. The quantitative estimate of drug-likeness (QED) is 0.411. The fraction of sp³-hybridized carbons (Fsp3) is 0.100. The Morgan fingerprint density at radius 3 is 2.36 bits per heavy atom. The van der Waals surface area contributed by atoms with Crippen LogP contribution in [0.1, 0.15) is 24.2 Å². The zero-order chi connectivity index (χ0) is 20.1. The topological polar surface area (TPSA) is 67.8 Å². The molecule has 2 heterocycles. The molecule has 28 heavy (non-hydrogen) atoms. The van der Waals surface area contributed by atoms with Gasteiger partial charge in [-0.1, -0.05) is 49.2 Å². The predicted molar refractivity (Wildman–Crippen MR) is 116 cm³/mol. The third-order valence-corrected chi connectivity index (χ3v) is 4.98. The van der Waals surface area contributed by atoms with Crippen LogP contribution in [0.2, 0.25) is 10.0 Å². The van der Waals surface area contributed by atoms with Crippen LogP contribution in [0.15, 0.2) is 54.7 Å². The monoisotopic (exact) mass is 430 g/mol. The highest BCUT2D eigenvalue weighted by molar-refractivity contribution is 7.00. The number of hydrogen-bond acceptors (Lipinski definition) is 5. The number of fused-ring (bicyclic) bond motifs is 1. The Bertz CT molecular complexity index is 1110. The van der Waals surface area contributed by atoms with E-state index in [1.165, 1.54) is 0 Å². The second-order valence-corrected chi connectivity index (χ2v) is 6.79. The number of amides is 1. The van der Waals surface area contributed by atoms with Crippen molar-refractivity contribution in [3.63, 3.8) is 0 Å². The van der Waals surface area contributed by atoms with Crippen molar-refractivity contribution < 1.29 is 4.79 Å². The average molecular weight is 431 g/mol. The van der Waals surface area contributed by atoms with Gasteiger partial charge < -0.3 is 5.32 Å². The number of rotatable bonds is 3. The van der Waals surface area contributed by atoms with Crippen molar-refractivity contribution >= 4 is 57.7 Å². The van der Waals surface area contributed by atoms with Gasteiger partial charge in [0.05, 0.1) is 27.3 Å². The summed E-state index contributed by atoms with van der Waals surface area (Å²) in [6, 6.07) is 14.0. The summed E-state index contributed by atoms with van der Waals surface area (Å²) in [5.41, 5.74) is 3.57. The average Bonchev–Trinajstić information content (AvgIpc) is 3.17. The van der Waals surface area contributed by atoms with Crippen molar-refractivity contribution in [1.29, 1.82) is 0 Å². The van der Waals surface area contributed by atoms with Crippen molar-refractivity contribution in [3.05, 3.63) is 70.3 Å². The maximum Gasteiger partial charge on any atom is 0.258 e. The van der Waals surface area contributed by atoms with Crippen LogP contribution in [0.4, 0.5) is 5.82 Å². The van der Waals surface area contributed by atoms with Gasteiger partial charge in [-0.05, 0) is 36.4 Å². The summed E-state index contributed by atoms with van der Waals surface area (Å²) in [5, 5.41) is 3.69. The third kappa shape index (κ3) is 4.30. The lowest BCUT2D eigenvalue weighted by Crippen LogP contribution is -2.13. The largest absolute Gasteiger partial charge is 0.307 e. The molecule has 5 nitrogen and oxygen atoms in total. The van der Waals surface area contributed by atoms with Gasteiger partial charge in [0.25, 0.3) is 5.91 Å². The fourth-order valence-corrected chi connectivity index (χ4v) is 3.48. The van der Waals surface area contributed by atoms with Gasteiger partial charge in [-0.25, -0.2) is 4.98 Å². The Hall–Kier alpha value is -2.54. The number of carbonyl (C=O) groups is 1. The van der Waals surface area contributed by atoms with Crippen LogP contribution >= 0.6 is 34.9 Å². The molecule has 8 heteroatoms. The molecule has 0 saturated heterocycles. The molecular formula is C20H16Cl2N4OS. The van der Waals surface area contributed by atoms with Crippen molar-refractivity contribution in [2.45, 2.75) is 13.8 Å². The minimum absolute atomic E-state index is 0.316. The number of halogens is 2. The molecule has 0 unspecified atom stereocenters. The van der Waals surface area contributed by atoms with Crippen molar-refractivity contribution in [3.8, 4) is 11.1 Å². The highest BCUT2D eigenvalue weighted by Crippen LogP contribution is 2.31. The van der Waals surface area contributed by atoms with Crippen LogP contribution in [0, 0.1) is 0 Å². The van der Waals surface area contributed by atoms with Crippen LogP contribution in [0.5, 0.6) is 0 Å². The van der Waals surface area contributed by atoms with E-state index >= 15 is 0 Å². The number of benzene rings is 2. The molecule has 2 aromatic heterocycles. The molecule has 142 valence electrons. The Kier molecular flexibility index (Phi) is 6.57. The van der Waals surface area contributed by atoms with Crippen molar-refractivity contribution in [1.82, 2.24) is 13.7 Å². The maximum absolute atomic E-state index is 12.3. The Labute approximate surface area is 176 Å². The van der Waals surface area contributed by atoms with E-state index in [-0.39, 0.29) is 5.91 Å². The highest BCUT2D eigenvalue weighted by atomic mass is 35.5. The van der Waals surface area contributed by atoms with E-state index in [0.29, 0.717) is 21.4 Å². The normalized spacial score (nSPS) is 10.3. The molecule has 4 aromatic rings. The molecule has 0 saturated carbocycles. The summed E-state index contributed by atoms with van der Waals surface area (Å²) < 4.78 is 8.40. The maximum atomic E-state index is 12.3. The number of nitrogens with one attached hydrogen (secondary N) is 1. The number of aromatic nitrogens is 3. The van der Waals surface area contributed by atoms with E-state index in [1.54, 1.807) is 42.6 Å². The van der Waals surface area contributed by atoms with E-state index in [0.717, 1.165) is 33.9 Å². The van der Waals surface area contributed by atoms with Gasteiger partial charge in [0.15, 0.2) is 0 Å². The Morgan fingerprint density at radius 1 is 0.964 bits per heavy atom. The van der Waals surface area contributed by atoms with Gasteiger partial charge in [-0.3, -0.25) is 4.79 Å². The predicted octanol–water partition coefficient (Wildman–Crippen LogP) is 6.34. The first-order chi connectivity index (χ1) is 13.6. The lowest BCUT2D eigenvalue weighted by atomic mass is 10.1. The number of hydrogen-bond donors (Lipinski definition) is 1. The first-order valence-corrected chi connectivity index (χ1v) is 10.0. The van der Waals surface area contributed by atoms with E-state index in [2.05, 4.69) is 19.0 Å². The minimum atomic E-state index is -0.316. The second-order valence-electron chi connectivity index (χ2n) is 5.45. The van der Waals surface area contributed by atoms with Gasteiger partial charge in [0.2, 0.25) is 0 Å². The number of carbonyl (C=O) groups excluding carboxylic acids is 1. The van der Waals surface area contributed by atoms with E-state index < -0.39 is 0 Å². The summed E-state index contributed by atoms with van der Waals surface area (Å²) in [5.74, 6) is 0.107. The van der Waals surface area contributed by atoms with Gasteiger partial charge in [-0.2, -0.15) is 8.75 Å². The summed E-state index contributed by atoms with van der Waals surface area (Å²) >= 11 is 13.5. The number of nitrogens with zero attached hydrogens (tertiary/aromatic N) is 3. The molecule has 0 aliphatic rings. The van der Waals surface area contributed by atoms with Crippen molar-refractivity contribution in [2.75, 3.05) is 5.32 Å². The first-order valence-electron chi connectivity index (χ1n) is 8.56. The molecule has 0 bridgehead atoms.